The van der Waals surface area contributed by atoms with Gasteiger partial charge in [0.15, 0.2) is 11.6 Å². The van der Waals surface area contributed by atoms with Gasteiger partial charge in [-0.1, -0.05) is 32.0 Å². The van der Waals surface area contributed by atoms with Crippen molar-refractivity contribution in [3.8, 4) is 0 Å². The largest absolute Gasteiger partial charge is 0.416 e. The standard InChI is InChI=1S/C19H24F3NO5/c1-18(2,11-24)16(27)17(28)23-10-9-15(26)14(25)8-7-12-5-3-4-6-13(12)19(20,21)22/h3-6,16,24,27H,7-11H2,1-2H3,(H,23,28)/t16-/m0/s1. The molecule has 0 aliphatic carbocycles. The van der Waals surface area contributed by atoms with Gasteiger partial charge in [0.1, 0.15) is 6.10 Å². The third-order valence-electron chi connectivity index (χ3n) is 4.30. The summed E-state index contributed by atoms with van der Waals surface area (Å²) in [7, 11) is 0. The van der Waals surface area contributed by atoms with E-state index in [0.717, 1.165) is 6.07 Å². The maximum atomic E-state index is 12.9. The molecule has 0 aliphatic rings. The summed E-state index contributed by atoms with van der Waals surface area (Å²) in [4.78, 5) is 35.5. The molecule has 0 saturated heterocycles. The minimum atomic E-state index is -4.54. The van der Waals surface area contributed by atoms with Crippen LogP contribution in [0.1, 0.15) is 37.8 Å². The number of rotatable bonds is 10. The van der Waals surface area contributed by atoms with Crippen LogP contribution in [-0.4, -0.2) is 46.9 Å². The van der Waals surface area contributed by atoms with E-state index in [2.05, 4.69) is 5.32 Å². The van der Waals surface area contributed by atoms with E-state index in [4.69, 9.17) is 5.11 Å². The molecule has 0 heterocycles. The fourth-order valence-corrected chi connectivity index (χ4v) is 2.38. The SMILES string of the molecule is CC(C)(CO)[C@@H](O)C(=O)NCCC(=O)C(=O)CCc1ccccc1C(F)(F)F. The predicted octanol–water partition coefficient (Wildman–Crippen LogP) is 1.66. The molecule has 0 aliphatic heterocycles. The second-order valence-corrected chi connectivity index (χ2v) is 7.09. The molecule has 0 unspecified atom stereocenters. The van der Waals surface area contributed by atoms with Crippen molar-refractivity contribution in [2.24, 2.45) is 5.41 Å². The third-order valence-corrected chi connectivity index (χ3v) is 4.30. The number of alkyl halides is 3. The van der Waals surface area contributed by atoms with Crippen LogP contribution >= 0.6 is 0 Å². The van der Waals surface area contributed by atoms with Crippen LogP contribution in [-0.2, 0) is 27.0 Å². The Balaban J connectivity index is 2.51. The van der Waals surface area contributed by atoms with Crippen molar-refractivity contribution in [1.82, 2.24) is 5.32 Å². The monoisotopic (exact) mass is 403 g/mol. The van der Waals surface area contributed by atoms with E-state index >= 15 is 0 Å². The molecule has 0 fully saturated rings. The second-order valence-electron chi connectivity index (χ2n) is 7.09. The summed E-state index contributed by atoms with van der Waals surface area (Å²) in [6.07, 6.45) is -6.98. The van der Waals surface area contributed by atoms with Gasteiger partial charge in [-0.3, -0.25) is 14.4 Å². The first-order chi connectivity index (χ1) is 12.9. The van der Waals surface area contributed by atoms with Gasteiger partial charge >= 0.3 is 6.18 Å². The van der Waals surface area contributed by atoms with Crippen molar-refractivity contribution in [2.45, 2.75) is 45.4 Å². The summed E-state index contributed by atoms with van der Waals surface area (Å²) in [6, 6.07) is 4.83. The Morgan fingerprint density at radius 2 is 1.64 bits per heavy atom. The number of carbonyl (C=O) groups excluding carboxylic acids is 3. The lowest BCUT2D eigenvalue weighted by Crippen LogP contribution is -2.46. The van der Waals surface area contributed by atoms with Crippen LogP contribution in [0.4, 0.5) is 13.2 Å². The number of Topliss-reactive ketones (excluding diaryl/α,β-unsaturated/α-hetero) is 2. The Kier molecular flexibility index (Phi) is 8.31. The zero-order chi connectivity index (χ0) is 21.5. The Morgan fingerprint density at radius 3 is 2.21 bits per heavy atom. The Bertz CT molecular complexity index is 716. The van der Waals surface area contributed by atoms with Gasteiger partial charge in [-0.15, -0.1) is 0 Å². The molecule has 0 aromatic heterocycles. The normalized spacial score (nSPS) is 13.1. The zero-order valence-electron chi connectivity index (χ0n) is 15.7. The molecule has 0 bridgehead atoms. The van der Waals surface area contributed by atoms with Crippen LogP contribution < -0.4 is 5.32 Å². The summed E-state index contributed by atoms with van der Waals surface area (Å²) in [5.41, 5.74) is -1.99. The number of halogens is 3. The van der Waals surface area contributed by atoms with Crippen molar-refractivity contribution in [3.63, 3.8) is 0 Å². The predicted molar refractivity (Wildman–Crippen MR) is 94.3 cm³/mol. The first-order valence-corrected chi connectivity index (χ1v) is 8.68. The summed E-state index contributed by atoms with van der Waals surface area (Å²) < 4.78 is 38.8. The van der Waals surface area contributed by atoms with Crippen LogP contribution in [0, 0.1) is 5.41 Å². The molecule has 6 nitrogen and oxygen atoms in total. The lowest BCUT2D eigenvalue weighted by atomic mass is 9.87. The van der Waals surface area contributed by atoms with Gasteiger partial charge in [-0.25, -0.2) is 0 Å². The average molecular weight is 403 g/mol. The van der Waals surface area contributed by atoms with E-state index in [1.807, 2.05) is 0 Å². The molecule has 9 heteroatoms. The van der Waals surface area contributed by atoms with E-state index in [0.29, 0.717) is 0 Å². The smallest absolute Gasteiger partial charge is 0.396 e. The highest BCUT2D eigenvalue weighted by Crippen LogP contribution is 2.32. The zero-order valence-corrected chi connectivity index (χ0v) is 15.7. The molecule has 156 valence electrons. The van der Waals surface area contributed by atoms with Gasteiger partial charge in [0, 0.05) is 24.8 Å². The fraction of sp³-hybridized carbons (Fsp3) is 0.526. The molecule has 0 saturated carbocycles. The van der Waals surface area contributed by atoms with Crippen molar-refractivity contribution in [2.75, 3.05) is 13.2 Å². The molecule has 0 radical (unpaired) electrons. The number of aliphatic hydroxyl groups is 2. The summed E-state index contributed by atoms with van der Waals surface area (Å²) in [5.74, 6) is -2.44. The quantitative estimate of drug-likeness (QED) is 0.516. The summed E-state index contributed by atoms with van der Waals surface area (Å²) in [5, 5.41) is 21.2. The van der Waals surface area contributed by atoms with Crippen molar-refractivity contribution >= 4 is 17.5 Å². The van der Waals surface area contributed by atoms with Crippen molar-refractivity contribution in [1.29, 1.82) is 0 Å². The number of hydrogen-bond acceptors (Lipinski definition) is 5. The summed E-state index contributed by atoms with van der Waals surface area (Å²) >= 11 is 0. The molecule has 1 amide bonds. The molecular weight excluding hydrogens is 379 g/mol. The number of ketones is 2. The Labute approximate surface area is 160 Å². The maximum absolute atomic E-state index is 12.9. The minimum absolute atomic E-state index is 0.0705. The van der Waals surface area contributed by atoms with Gasteiger partial charge < -0.3 is 15.5 Å². The average Bonchev–Trinajstić information content (AvgIpc) is 2.64. The van der Waals surface area contributed by atoms with Crippen molar-refractivity contribution in [3.05, 3.63) is 35.4 Å². The number of nitrogens with one attached hydrogen (secondary N) is 1. The Hall–Kier alpha value is -2.26. The third kappa shape index (κ3) is 6.72. The number of aliphatic hydroxyl groups excluding tert-OH is 2. The van der Waals surface area contributed by atoms with Crippen LogP contribution in [0.25, 0.3) is 0 Å². The molecule has 1 rings (SSSR count). The molecule has 1 aromatic rings. The minimum Gasteiger partial charge on any atom is -0.396 e. The highest BCUT2D eigenvalue weighted by atomic mass is 19.4. The van der Waals surface area contributed by atoms with E-state index in [-0.39, 0.29) is 31.4 Å². The number of amides is 1. The molecule has 1 atom stereocenters. The highest BCUT2D eigenvalue weighted by molar-refractivity contribution is 6.37. The summed E-state index contributed by atoms with van der Waals surface area (Å²) in [6.45, 7) is 2.31. The van der Waals surface area contributed by atoms with Gasteiger partial charge in [-0.2, -0.15) is 13.2 Å². The van der Waals surface area contributed by atoms with E-state index < -0.39 is 47.3 Å². The number of hydrogen-bond donors (Lipinski definition) is 3. The first-order valence-electron chi connectivity index (χ1n) is 8.68. The first kappa shape index (κ1) is 23.8. The highest BCUT2D eigenvalue weighted by Gasteiger charge is 2.34. The van der Waals surface area contributed by atoms with Gasteiger partial charge in [0.05, 0.1) is 12.2 Å². The van der Waals surface area contributed by atoms with Crippen LogP contribution in [0.2, 0.25) is 0 Å². The van der Waals surface area contributed by atoms with E-state index in [1.165, 1.54) is 32.0 Å². The molecule has 3 N–H and O–H groups in total. The molecule has 1 aromatic carbocycles. The topological polar surface area (TPSA) is 104 Å². The van der Waals surface area contributed by atoms with E-state index in [9.17, 15) is 32.7 Å². The number of benzene rings is 1. The van der Waals surface area contributed by atoms with Crippen LogP contribution in [0.15, 0.2) is 24.3 Å². The maximum Gasteiger partial charge on any atom is 0.416 e. The second kappa shape index (κ2) is 9.79. The van der Waals surface area contributed by atoms with E-state index in [1.54, 1.807) is 0 Å². The van der Waals surface area contributed by atoms with Crippen molar-refractivity contribution < 1.29 is 37.8 Å². The number of aryl methyl sites for hydroxylation is 1. The Morgan fingerprint density at radius 1 is 1.07 bits per heavy atom. The lowest BCUT2D eigenvalue weighted by Gasteiger charge is -2.27. The van der Waals surface area contributed by atoms with Crippen LogP contribution in [0.5, 0.6) is 0 Å². The van der Waals surface area contributed by atoms with Gasteiger partial charge in [-0.05, 0) is 18.1 Å². The van der Waals surface area contributed by atoms with Gasteiger partial charge in [0.2, 0.25) is 5.91 Å². The molecule has 28 heavy (non-hydrogen) atoms. The van der Waals surface area contributed by atoms with Gasteiger partial charge in [0.25, 0.3) is 0 Å². The van der Waals surface area contributed by atoms with Crippen LogP contribution in [0.3, 0.4) is 0 Å². The fourth-order valence-electron chi connectivity index (χ4n) is 2.38. The number of carbonyl (C=O) groups is 3. The molecular formula is C19H24F3NO5. The lowest BCUT2D eigenvalue weighted by molar-refractivity contribution is -0.138. The molecule has 0 spiro atoms.